The van der Waals surface area contributed by atoms with Gasteiger partial charge < -0.3 is 10.6 Å². The Labute approximate surface area is 154 Å². The molecule has 1 aromatic heterocycles. The number of hydrogen-bond donors (Lipinski definition) is 2. The molecular weight excluding hydrogens is 332 g/mol. The lowest BCUT2D eigenvalue weighted by molar-refractivity contribution is -0.123. The second-order valence-electron chi connectivity index (χ2n) is 8.06. The minimum Gasteiger partial charge on any atom is -0.352 e. The number of aromatic nitrogens is 4. The molecule has 1 aromatic rings. The lowest BCUT2D eigenvalue weighted by atomic mass is 9.89. The van der Waals surface area contributed by atoms with Crippen LogP contribution in [0.1, 0.15) is 65.1 Å². The van der Waals surface area contributed by atoms with E-state index in [9.17, 15) is 9.59 Å². The van der Waals surface area contributed by atoms with Crippen LogP contribution in [0.25, 0.3) is 0 Å². The van der Waals surface area contributed by atoms with Gasteiger partial charge in [-0.15, -0.1) is 10.2 Å². The summed E-state index contributed by atoms with van der Waals surface area (Å²) in [5, 5.41) is 18.2. The molecule has 0 saturated heterocycles. The molecule has 2 N–H and O–H groups in total. The van der Waals surface area contributed by atoms with Gasteiger partial charge >= 0.3 is 0 Å². The first-order valence-electron chi connectivity index (χ1n) is 9.24. The van der Waals surface area contributed by atoms with Crippen molar-refractivity contribution in [2.45, 2.75) is 76.8 Å². The molecule has 8 nitrogen and oxygen atoms in total. The van der Waals surface area contributed by atoms with Crippen molar-refractivity contribution in [2.24, 2.45) is 0 Å². The Hall–Kier alpha value is -2.25. The average molecular weight is 362 g/mol. The van der Waals surface area contributed by atoms with E-state index in [1.54, 1.807) is 0 Å². The van der Waals surface area contributed by atoms with E-state index in [1.165, 1.54) is 10.9 Å². The molecule has 26 heavy (non-hydrogen) atoms. The van der Waals surface area contributed by atoms with E-state index in [4.69, 9.17) is 0 Å². The summed E-state index contributed by atoms with van der Waals surface area (Å²) in [7, 11) is 0. The van der Waals surface area contributed by atoms with Gasteiger partial charge in [-0.2, -0.15) is 4.80 Å². The molecule has 0 bridgehead atoms. The van der Waals surface area contributed by atoms with Gasteiger partial charge in [-0.3, -0.25) is 9.59 Å². The second-order valence-corrected chi connectivity index (χ2v) is 8.06. The molecule has 2 amide bonds. The maximum atomic E-state index is 12.3. The van der Waals surface area contributed by atoms with E-state index in [2.05, 4.69) is 32.6 Å². The Bertz CT molecular complexity index is 638. The van der Waals surface area contributed by atoms with Crippen molar-refractivity contribution in [1.29, 1.82) is 0 Å². The zero-order valence-corrected chi connectivity index (χ0v) is 16.0. The van der Waals surface area contributed by atoms with Gasteiger partial charge in [0, 0.05) is 12.0 Å². The van der Waals surface area contributed by atoms with Crippen LogP contribution >= 0.6 is 0 Å². The number of tetrazole rings is 1. The van der Waals surface area contributed by atoms with E-state index in [-0.39, 0.29) is 23.8 Å². The standard InChI is InChI=1S/C18H30N6O2/c1-5-14(25)20-18(10-8-6-7-9-11-18)13-19-15(26)12-24-22-16(21-23-24)17(2,3)4/h5H,1,6-13H2,2-4H3,(H,19,26)(H,20,25). The summed E-state index contributed by atoms with van der Waals surface area (Å²) < 4.78 is 0. The van der Waals surface area contributed by atoms with Gasteiger partial charge in [0.15, 0.2) is 5.82 Å². The fourth-order valence-corrected chi connectivity index (χ4v) is 3.13. The van der Waals surface area contributed by atoms with Crippen LogP contribution in [0, 0.1) is 0 Å². The highest BCUT2D eigenvalue weighted by Crippen LogP contribution is 2.26. The van der Waals surface area contributed by atoms with Gasteiger partial charge in [0.05, 0.1) is 5.54 Å². The number of carbonyl (C=O) groups excluding carboxylic acids is 2. The smallest absolute Gasteiger partial charge is 0.243 e. The van der Waals surface area contributed by atoms with E-state index < -0.39 is 5.54 Å². The number of amides is 2. The predicted octanol–water partition coefficient (Wildman–Crippen LogP) is 1.48. The summed E-state index contributed by atoms with van der Waals surface area (Å²) in [5.74, 6) is 0.206. The predicted molar refractivity (Wildman–Crippen MR) is 98.3 cm³/mol. The molecular formula is C18H30N6O2. The molecule has 144 valence electrons. The summed E-state index contributed by atoms with van der Waals surface area (Å²) in [5.41, 5.74) is -0.627. The zero-order chi connectivity index (χ0) is 19.2. The minimum absolute atomic E-state index is 0.00850. The highest BCUT2D eigenvalue weighted by Gasteiger charge is 2.32. The second kappa shape index (κ2) is 8.42. The quantitative estimate of drug-likeness (QED) is 0.589. The number of nitrogens with zero attached hydrogens (tertiary/aromatic N) is 4. The molecule has 0 aromatic carbocycles. The van der Waals surface area contributed by atoms with E-state index in [0.29, 0.717) is 12.4 Å². The molecule has 1 fully saturated rings. The molecule has 1 saturated carbocycles. The Morgan fingerprint density at radius 2 is 1.88 bits per heavy atom. The van der Waals surface area contributed by atoms with Crippen LogP contribution in [-0.2, 0) is 21.5 Å². The van der Waals surface area contributed by atoms with Gasteiger partial charge in [0.25, 0.3) is 0 Å². The van der Waals surface area contributed by atoms with Gasteiger partial charge in [-0.05, 0) is 24.1 Å². The van der Waals surface area contributed by atoms with Crippen LogP contribution in [-0.4, -0.2) is 44.1 Å². The fourth-order valence-electron chi connectivity index (χ4n) is 3.13. The third kappa shape index (κ3) is 5.64. The summed E-state index contributed by atoms with van der Waals surface area (Å²) in [4.78, 5) is 25.5. The summed E-state index contributed by atoms with van der Waals surface area (Å²) in [6, 6.07) is 0. The number of carbonyl (C=O) groups is 2. The Kier molecular flexibility index (Phi) is 6.50. The average Bonchev–Trinajstić information content (AvgIpc) is 2.93. The summed E-state index contributed by atoms with van der Waals surface area (Å²) in [6.45, 7) is 9.91. The lowest BCUT2D eigenvalue weighted by Crippen LogP contribution is -2.55. The van der Waals surface area contributed by atoms with Crippen molar-refractivity contribution in [1.82, 2.24) is 30.8 Å². The molecule has 0 atom stereocenters. The molecule has 0 spiro atoms. The first-order valence-corrected chi connectivity index (χ1v) is 9.24. The highest BCUT2D eigenvalue weighted by atomic mass is 16.2. The monoisotopic (exact) mass is 362 g/mol. The van der Waals surface area contributed by atoms with Crippen LogP contribution in [0.5, 0.6) is 0 Å². The lowest BCUT2D eigenvalue weighted by Gasteiger charge is -2.33. The van der Waals surface area contributed by atoms with Gasteiger partial charge in [0.2, 0.25) is 11.8 Å². The first kappa shape index (κ1) is 20.1. The number of rotatable bonds is 6. The van der Waals surface area contributed by atoms with Crippen molar-refractivity contribution in [3.8, 4) is 0 Å². The van der Waals surface area contributed by atoms with Crippen LogP contribution in [0.4, 0.5) is 0 Å². The van der Waals surface area contributed by atoms with Crippen LogP contribution in [0.2, 0.25) is 0 Å². The number of nitrogens with one attached hydrogen (secondary N) is 2. The molecule has 1 heterocycles. The van der Waals surface area contributed by atoms with Crippen molar-refractivity contribution < 1.29 is 9.59 Å². The SMILES string of the molecule is C=CC(=O)NC1(CNC(=O)Cn2nnc(C(C)(C)C)n2)CCCCCC1. The molecule has 2 rings (SSSR count). The van der Waals surface area contributed by atoms with Crippen LogP contribution < -0.4 is 10.6 Å². The Balaban J connectivity index is 1.96. The van der Waals surface area contributed by atoms with Gasteiger partial charge in [-0.1, -0.05) is 53.0 Å². The molecule has 1 aliphatic carbocycles. The van der Waals surface area contributed by atoms with E-state index >= 15 is 0 Å². The fraction of sp³-hybridized carbons (Fsp3) is 0.722. The third-order valence-corrected chi connectivity index (χ3v) is 4.67. The summed E-state index contributed by atoms with van der Waals surface area (Å²) in [6.07, 6.45) is 7.35. The molecule has 1 aliphatic rings. The zero-order valence-electron chi connectivity index (χ0n) is 16.0. The topological polar surface area (TPSA) is 102 Å². The highest BCUT2D eigenvalue weighted by molar-refractivity contribution is 5.87. The normalized spacial score (nSPS) is 17.2. The number of hydrogen-bond acceptors (Lipinski definition) is 5. The third-order valence-electron chi connectivity index (χ3n) is 4.67. The largest absolute Gasteiger partial charge is 0.352 e. The maximum absolute atomic E-state index is 12.3. The molecule has 8 heteroatoms. The maximum Gasteiger partial charge on any atom is 0.243 e. The van der Waals surface area contributed by atoms with Gasteiger partial charge in [-0.25, -0.2) is 0 Å². The first-order chi connectivity index (χ1) is 12.2. The van der Waals surface area contributed by atoms with Crippen molar-refractivity contribution >= 4 is 11.8 Å². The van der Waals surface area contributed by atoms with Crippen molar-refractivity contribution in [3.63, 3.8) is 0 Å². The van der Waals surface area contributed by atoms with Crippen LogP contribution in [0.3, 0.4) is 0 Å². The molecule has 0 radical (unpaired) electrons. The van der Waals surface area contributed by atoms with E-state index in [1.807, 2.05) is 20.8 Å². The van der Waals surface area contributed by atoms with E-state index in [0.717, 1.165) is 38.5 Å². The Morgan fingerprint density at radius 1 is 1.23 bits per heavy atom. The summed E-state index contributed by atoms with van der Waals surface area (Å²) >= 11 is 0. The Morgan fingerprint density at radius 3 is 2.42 bits per heavy atom. The van der Waals surface area contributed by atoms with Crippen LogP contribution in [0.15, 0.2) is 12.7 Å². The van der Waals surface area contributed by atoms with Crippen molar-refractivity contribution in [2.75, 3.05) is 6.54 Å². The molecule has 0 unspecified atom stereocenters. The minimum atomic E-state index is -0.413. The van der Waals surface area contributed by atoms with Crippen molar-refractivity contribution in [3.05, 3.63) is 18.5 Å². The van der Waals surface area contributed by atoms with Gasteiger partial charge in [0.1, 0.15) is 6.54 Å². The molecule has 0 aliphatic heterocycles.